The second-order valence-corrected chi connectivity index (χ2v) is 3.81. The van der Waals surface area contributed by atoms with E-state index in [9.17, 15) is 13.2 Å². The van der Waals surface area contributed by atoms with E-state index >= 15 is 0 Å². The molecule has 0 N–H and O–H groups in total. The van der Waals surface area contributed by atoms with E-state index in [1.165, 1.54) is 12.1 Å². The largest absolute Gasteiger partial charge is 0.489 e. The maximum Gasteiger partial charge on any atom is 0.129 e. The molecule has 2 aromatic carbocycles. The van der Waals surface area contributed by atoms with Gasteiger partial charge in [-0.1, -0.05) is 0 Å². The fourth-order valence-electron chi connectivity index (χ4n) is 1.53. The van der Waals surface area contributed by atoms with Crippen LogP contribution in [-0.4, -0.2) is 0 Å². The molecule has 0 aromatic heterocycles. The smallest absolute Gasteiger partial charge is 0.129 e. The summed E-state index contributed by atoms with van der Waals surface area (Å²) in [5, 5.41) is 8.70. The molecular formula is C14H8F3NO. The van der Waals surface area contributed by atoms with Crippen molar-refractivity contribution in [2.45, 2.75) is 6.61 Å². The van der Waals surface area contributed by atoms with Crippen LogP contribution in [0.15, 0.2) is 36.4 Å². The van der Waals surface area contributed by atoms with Gasteiger partial charge in [0.25, 0.3) is 0 Å². The molecule has 2 aromatic rings. The van der Waals surface area contributed by atoms with Crippen molar-refractivity contribution in [3.05, 3.63) is 65.0 Å². The molecular weight excluding hydrogens is 255 g/mol. The molecule has 0 heterocycles. The maximum atomic E-state index is 13.4. The van der Waals surface area contributed by atoms with E-state index in [-0.39, 0.29) is 23.5 Å². The minimum atomic E-state index is -0.777. The van der Waals surface area contributed by atoms with Crippen LogP contribution in [-0.2, 0) is 6.61 Å². The second kappa shape index (κ2) is 5.44. The standard InChI is InChI=1S/C14H8F3NO/c15-11-4-12(16)6-13(5-11)19-8-10-3-9(7-18)1-2-14(10)17/h1-6H,8H2. The van der Waals surface area contributed by atoms with Gasteiger partial charge < -0.3 is 4.74 Å². The molecule has 0 aliphatic rings. The molecule has 0 amide bonds. The van der Waals surface area contributed by atoms with Crippen molar-refractivity contribution in [1.29, 1.82) is 5.26 Å². The van der Waals surface area contributed by atoms with Gasteiger partial charge in [-0.2, -0.15) is 5.26 Å². The Balaban J connectivity index is 2.16. The molecule has 0 fully saturated rings. The van der Waals surface area contributed by atoms with Crippen LogP contribution in [0.5, 0.6) is 5.75 Å². The lowest BCUT2D eigenvalue weighted by molar-refractivity contribution is 0.296. The van der Waals surface area contributed by atoms with Gasteiger partial charge in [0.1, 0.15) is 29.8 Å². The summed E-state index contributed by atoms with van der Waals surface area (Å²) in [7, 11) is 0. The number of rotatable bonds is 3. The van der Waals surface area contributed by atoms with Gasteiger partial charge in [-0.25, -0.2) is 13.2 Å². The SMILES string of the molecule is N#Cc1ccc(F)c(COc2cc(F)cc(F)c2)c1. The van der Waals surface area contributed by atoms with Crippen molar-refractivity contribution >= 4 is 0 Å². The Bertz CT molecular complexity index is 629. The van der Waals surface area contributed by atoms with E-state index in [2.05, 4.69) is 0 Å². The Morgan fingerprint density at radius 2 is 1.68 bits per heavy atom. The average molecular weight is 263 g/mol. The molecule has 0 spiro atoms. The molecule has 2 rings (SSSR count). The first-order valence-electron chi connectivity index (χ1n) is 5.36. The van der Waals surface area contributed by atoms with Crippen LogP contribution < -0.4 is 4.74 Å². The monoisotopic (exact) mass is 263 g/mol. The first-order chi connectivity index (χ1) is 9.08. The van der Waals surface area contributed by atoms with Crippen molar-refractivity contribution in [1.82, 2.24) is 0 Å². The average Bonchev–Trinajstić information content (AvgIpc) is 2.37. The molecule has 0 saturated carbocycles. The minimum Gasteiger partial charge on any atom is -0.489 e. The molecule has 0 aliphatic heterocycles. The summed E-state index contributed by atoms with van der Waals surface area (Å²) in [5.41, 5.74) is 0.425. The number of ether oxygens (including phenoxy) is 1. The number of hydrogen-bond acceptors (Lipinski definition) is 2. The van der Waals surface area contributed by atoms with Gasteiger partial charge in [0.2, 0.25) is 0 Å². The highest BCUT2D eigenvalue weighted by atomic mass is 19.1. The number of benzene rings is 2. The summed E-state index contributed by atoms with van der Waals surface area (Å²) in [5.74, 6) is -2.14. The van der Waals surface area contributed by atoms with Crippen molar-refractivity contribution in [3.8, 4) is 11.8 Å². The summed E-state index contributed by atoms with van der Waals surface area (Å²) < 4.78 is 44.4. The second-order valence-electron chi connectivity index (χ2n) is 3.81. The van der Waals surface area contributed by atoms with Crippen molar-refractivity contribution < 1.29 is 17.9 Å². The molecule has 0 radical (unpaired) electrons. The van der Waals surface area contributed by atoms with Crippen LogP contribution in [0.3, 0.4) is 0 Å². The first kappa shape index (κ1) is 13.0. The van der Waals surface area contributed by atoms with Crippen molar-refractivity contribution in [2.75, 3.05) is 0 Å². The van der Waals surface area contributed by atoms with Crippen molar-refractivity contribution in [3.63, 3.8) is 0 Å². The quantitative estimate of drug-likeness (QED) is 0.848. The van der Waals surface area contributed by atoms with Crippen LogP contribution in [0, 0.1) is 28.8 Å². The predicted octanol–water partition coefficient (Wildman–Crippen LogP) is 3.55. The molecule has 0 bridgehead atoms. The third kappa shape index (κ3) is 3.26. The Morgan fingerprint density at radius 1 is 1.00 bits per heavy atom. The van der Waals surface area contributed by atoms with E-state index in [1.54, 1.807) is 0 Å². The number of halogens is 3. The maximum absolute atomic E-state index is 13.4. The molecule has 2 nitrogen and oxygen atoms in total. The van der Waals surface area contributed by atoms with Gasteiger partial charge in [0.05, 0.1) is 11.6 Å². The zero-order valence-electron chi connectivity index (χ0n) is 9.66. The van der Waals surface area contributed by atoms with Gasteiger partial charge >= 0.3 is 0 Å². The summed E-state index contributed by atoms with van der Waals surface area (Å²) in [4.78, 5) is 0. The van der Waals surface area contributed by atoms with Crippen LogP contribution in [0.4, 0.5) is 13.2 Å². The Morgan fingerprint density at radius 3 is 2.32 bits per heavy atom. The molecule has 0 unspecified atom stereocenters. The van der Waals surface area contributed by atoms with E-state index < -0.39 is 17.5 Å². The van der Waals surface area contributed by atoms with E-state index in [0.717, 1.165) is 18.2 Å². The topological polar surface area (TPSA) is 33.0 Å². The fourth-order valence-corrected chi connectivity index (χ4v) is 1.53. The summed E-state index contributed by atoms with van der Waals surface area (Å²) >= 11 is 0. The number of nitriles is 1. The Kier molecular flexibility index (Phi) is 3.71. The summed E-state index contributed by atoms with van der Waals surface area (Å²) in [6.45, 7) is -0.218. The highest BCUT2D eigenvalue weighted by molar-refractivity contribution is 5.34. The minimum absolute atomic E-state index is 0.0424. The predicted molar refractivity (Wildman–Crippen MR) is 61.8 cm³/mol. The zero-order valence-corrected chi connectivity index (χ0v) is 9.66. The normalized spacial score (nSPS) is 10.0. The number of nitrogens with zero attached hydrogens (tertiary/aromatic N) is 1. The zero-order chi connectivity index (χ0) is 13.8. The summed E-state index contributed by atoms with van der Waals surface area (Å²) in [6, 6.07) is 8.37. The molecule has 19 heavy (non-hydrogen) atoms. The van der Waals surface area contributed by atoms with Gasteiger partial charge in [-0.05, 0) is 18.2 Å². The third-order valence-electron chi connectivity index (χ3n) is 2.41. The lowest BCUT2D eigenvalue weighted by Crippen LogP contribution is -2.00. The molecule has 5 heteroatoms. The van der Waals surface area contributed by atoms with Gasteiger partial charge in [0.15, 0.2) is 0 Å². The van der Waals surface area contributed by atoms with Crippen molar-refractivity contribution in [2.24, 2.45) is 0 Å². The van der Waals surface area contributed by atoms with Crippen LogP contribution in [0.2, 0.25) is 0 Å². The molecule has 96 valence electrons. The van der Waals surface area contributed by atoms with Crippen LogP contribution in [0.1, 0.15) is 11.1 Å². The molecule has 0 saturated heterocycles. The van der Waals surface area contributed by atoms with Gasteiger partial charge in [-0.3, -0.25) is 0 Å². The summed E-state index contributed by atoms with van der Waals surface area (Å²) in [6.07, 6.45) is 0. The van der Waals surface area contributed by atoms with E-state index in [0.29, 0.717) is 6.07 Å². The lowest BCUT2D eigenvalue weighted by atomic mass is 10.1. The molecule has 0 aliphatic carbocycles. The molecule has 0 atom stereocenters. The Labute approximate surface area is 107 Å². The fraction of sp³-hybridized carbons (Fsp3) is 0.0714. The highest BCUT2D eigenvalue weighted by Crippen LogP contribution is 2.18. The van der Waals surface area contributed by atoms with E-state index in [1.807, 2.05) is 6.07 Å². The van der Waals surface area contributed by atoms with Crippen LogP contribution in [0.25, 0.3) is 0 Å². The first-order valence-corrected chi connectivity index (χ1v) is 5.36. The Hall–Kier alpha value is -2.48. The van der Waals surface area contributed by atoms with Crippen LogP contribution >= 0.6 is 0 Å². The van der Waals surface area contributed by atoms with E-state index in [4.69, 9.17) is 10.00 Å². The lowest BCUT2D eigenvalue weighted by Gasteiger charge is -2.07. The number of hydrogen-bond donors (Lipinski definition) is 0. The third-order valence-corrected chi connectivity index (χ3v) is 2.41. The highest BCUT2D eigenvalue weighted by Gasteiger charge is 2.06. The van der Waals surface area contributed by atoms with Gasteiger partial charge in [0, 0.05) is 23.8 Å². The van der Waals surface area contributed by atoms with Gasteiger partial charge in [-0.15, -0.1) is 0 Å².